The average Bonchev–Trinajstić information content (AvgIpc) is 3.06. The third-order valence-corrected chi connectivity index (χ3v) is 4.54. The van der Waals surface area contributed by atoms with Gasteiger partial charge in [0.1, 0.15) is 0 Å². The molecule has 1 aliphatic heterocycles. The molecule has 1 heterocycles. The molecule has 5 nitrogen and oxygen atoms in total. The van der Waals surface area contributed by atoms with Crippen molar-refractivity contribution in [2.24, 2.45) is 5.92 Å². The first-order valence-electron chi connectivity index (χ1n) is 8.31. The van der Waals surface area contributed by atoms with Crippen molar-refractivity contribution < 1.29 is 23.8 Å². The Bertz CT molecular complexity index is 575. The van der Waals surface area contributed by atoms with E-state index in [1.165, 1.54) is 32.1 Å². The van der Waals surface area contributed by atoms with Crippen LogP contribution in [0.5, 0.6) is 11.5 Å². The number of rotatable bonds is 6. The van der Waals surface area contributed by atoms with E-state index in [4.69, 9.17) is 14.2 Å². The first-order chi connectivity index (χ1) is 11.2. The minimum Gasteiger partial charge on any atom is -0.457 e. The molecule has 1 aromatic carbocycles. The van der Waals surface area contributed by atoms with E-state index in [-0.39, 0.29) is 25.2 Å². The normalized spacial score (nSPS) is 17.0. The highest BCUT2D eigenvalue weighted by Crippen LogP contribution is 2.32. The molecule has 0 aromatic heterocycles. The molecule has 0 radical (unpaired) electrons. The summed E-state index contributed by atoms with van der Waals surface area (Å²) in [5, 5.41) is 0. The number of Topliss-reactive ketones (excluding diaryl/α,β-unsaturated/α-hetero) is 1. The van der Waals surface area contributed by atoms with Crippen LogP contribution in [-0.2, 0) is 9.53 Å². The van der Waals surface area contributed by atoms with Crippen LogP contribution in [0.1, 0.15) is 55.3 Å². The standard InChI is InChI=1S/C18H22O5/c19-15(14-7-8-16-17(10-14)23-12-22-16)11-21-18(20)9-6-13-4-2-1-3-5-13/h7-8,10,13H,1-6,9,11-12H2. The summed E-state index contributed by atoms with van der Waals surface area (Å²) in [6.07, 6.45) is 7.54. The molecule has 0 bridgehead atoms. The van der Waals surface area contributed by atoms with Gasteiger partial charge in [-0.3, -0.25) is 9.59 Å². The number of carbonyl (C=O) groups excluding carboxylic acids is 2. The van der Waals surface area contributed by atoms with Crippen LogP contribution in [0.3, 0.4) is 0 Å². The first-order valence-corrected chi connectivity index (χ1v) is 8.31. The quantitative estimate of drug-likeness (QED) is 0.593. The summed E-state index contributed by atoms with van der Waals surface area (Å²) in [4.78, 5) is 23.9. The van der Waals surface area contributed by atoms with Crippen LogP contribution in [0.25, 0.3) is 0 Å². The molecular formula is C18H22O5. The van der Waals surface area contributed by atoms with Gasteiger partial charge in [-0.1, -0.05) is 32.1 Å². The van der Waals surface area contributed by atoms with Crippen LogP contribution < -0.4 is 9.47 Å². The predicted octanol–water partition coefficient (Wildman–Crippen LogP) is 3.50. The van der Waals surface area contributed by atoms with Crippen LogP contribution >= 0.6 is 0 Å². The van der Waals surface area contributed by atoms with Gasteiger partial charge in [-0.2, -0.15) is 0 Å². The van der Waals surface area contributed by atoms with Crippen molar-refractivity contribution in [3.8, 4) is 11.5 Å². The Balaban J connectivity index is 1.42. The molecule has 23 heavy (non-hydrogen) atoms. The van der Waals surface area contributed by atoms with Crippen LogP contribution in [-0.4, -0.2) is 25.2 Å². The molecule has 1 saturated carbocycles. The Hall–Kier alpha value is -2.04. The van der Waals surface area contributed by atoms with Crippen LogP contribution in [0, 0.1) is 5.92 Å². The second kappa shape index (κ2) is 7.49. The van der Waals surface area contributed by atoms with Crippen LogP contribution in [0.15, 0.2) is 18.2 Å². The number of esters is 1. The number of hydrogen-bond acceptors (Lipinski definition) is 5. The summed E-state index contributed by atoms with van der Waals surface area (Å²) < 4.78 is 15.5. The minimum absolute atomic E-state index is 0.170. The third-order valence-electron chi connectivity index (χ3n) is 4.54. The smallest absolute Gasteiger partial charge is 0.306 e. The van der Waals surface area contributed by atoms with E-state index < -0.39 is 0 Å². The summed E-state index contributed by atoms with van der Waals surface area (Å²) in [6.45, 7) is -0.0493. The van der Waals surface area contributed by atoms with E-state index in [1.807, 2.05) is 0 Å². The fraction of sp³-hybridized carbons (Fsp3) is 0.556. The Labute approximate surface area is 135 Å². The van der Waals surface area contributed by atoms with Gasteiger partial charge in [0.05, 0.1) is 0 Å². The van der Waals surface area contributed by atoms with E-state index in [0.29, 0.717) is 29.4 Å². The highest BCUT2D eigenvalue weighted by atomic mass is 16.7. The lowest BCUT2D eigenvalue weighted by Gasteiger charge is -2.20. The van der Waals surface area contributed by atoms with Crippen LogP contribution in [0.2, 0.25) is 0 Å². The highest BCUT2D eigenvalue weighted by molar-refractivity contribution is 5.98. The minimum atomic E-state index is -0.287. The van der Waals surface area contributed by atoms with Crippen molar-refractivity contribution in [1.82, 2.24) is 0 Å². The fourth-order valence-electron chi connectivity index (χ4n) is 3.17. The summed E-state index contributed by atoms with van der Waals surface area (Å²) in [5.41, 5.74) is 0.467. The van der Waals surface area contributed by atoms with E-state index in [2.05, 4.69) is 0 Å². The van der Waals surface area contributed by atoms with Gasteiger partial charge in [0.25, 0.3) is 0 Å². The molecule has 0 amide bonds. The summed E-state index contributed by atoms with van der Waals surface area (Å²) in [7, 11) is 0. The summed E-state index contributed by atoms with van der Waals surface area (Å²) in [5.74, 6) is 1.31. The van der Waals surface area contributed by atoms with Gasteiger partial charge in [-0.25, -0.2) is 0 Å². The maximum absolute atomic E-state index is 12.1. The molecule has 0 spiro atoms. The topological polar surface area (TPSA) is 61.8 Å². The zero-order chi connectivity index (χ0) is 16.1. The molecule has 124 valence electrons. The Morgan fingerprint density at radius 3 is 2.70 bits per heavy atom. The lowest BCUT2D eigenvalue weighted by Crippen LogP contribution is -2.15. The number of ketones is 1. The zero-order valence-electron chi connectivity index (χ0n) is 13.2. The summed E-state index contributed by atoms with van der Waals surface area (Å²) >= 11 is 0. The van der Waals surface area contributed by atoms with Gasteiger partial charge in [0, 0.05) is 12.0 Å². The van der Waals surface area contributed by atoms with E-state index in [1.54, 1.807) is 18.2 Å². The fourth-order valence-corrected chi connectivity index (χ4v) is 3.17. The van der Waals surface area contributed by atoms with E-state index in [9.17, 15) is 9.59 Å². The van der Waals surface area contributed by atoms with Gasteiger partial charge >= 0.3 is 5.97 Å². The number of carbonyl (C=O) groups is 2. The molecule has 0 N–H and O–H groups in total. The van der Waals surface area contributed by atoms with Crippen molar-refractivity contribution in [3.05, 3.63) is 23.8 Å². The Kier molecular flexibility index (Phi) is 5.16. The van der Waals surface area contributed by atoms with Gasteiger partial charge < -0.3 is 14.2 Å². The molecule has 3 rings (SSSR count). The number of benzene rings is 1. The van der Waals surface area contributed by atoms with Crippen LogP contribution in [0.4, 0.5) is 0 Å². The SMILES string of the molecule is O=C(CCC1CCCCC1)OCC(=O)c1ccc2c(c1)OCO2. The summed E-state index contributed by atoms with van der Waals surface area (Å²) in [6, 6.07) is 4.98. The molecule has 0 saturated heterocycles. The molecule has 0 unspecified atom stereocenters. The molecule has 2 aliphatic rings. The van der Waals surface area contributed by atoms with Crippen molar-refractivity contribution in [2.45, 2.75) is 44.9 Å². The molecule has 5 heteroatoms. The van der Waals surface area contributed by atoms with Crippen molar-refractivity contribution in [3.63, 3.8) is 0 Å². The highest BCUT2D eigenvalue weighted by Gasteiger charge is 2.18. The molecule has 1 aliphatic carbocycles. The number of fused-ring (bicyclic) bond motifs is 1. The van der Waals surface area contributed by atoms with Gasteiger partial charge in [0.2, 0.25) is 6.79 Å². The lowest BCUT2D eigenvalue weighted by molar-refractivity contribution is -0.142. The second-order valence-electron chi connectivity index (χ2n) is 6.19. The van der Waals surface area contributed by atoms with Gasteiger partial charge in [0.15, 0.2) is 23.9 Å². The average molecular weight is 318 g/mol. The zero-order valence-corrected chi connectivity index (χ0v) is 13.2. The lowest BCUT2D eigenvalue weighted by atomic mass is 9.86. The molecule has 1 fully saturated rings. The van der Waals surface area contributed by atoms with E-state index in [0.717, 1.165) is 6.42 Å². The number of hydrogen-bond donors (Lipinski definition) is 0. The Morgan fingerprint density at radius 2 is 1.87 bits per heavy atom. The van der Waals surface area contributed by atoms with Crippen molar-refractivity contribution in [2.75, 3.05) is 13.4 Å². The number of ether oxygens (including phenoxy) is 3. The van der Waals surface area contributed by atoms with Crippen molar-refractivity contribution in [1.29, 1.82) is 0 Å². The maximum Gasteiger partial charge on any atom is 0.306 e. The Morgan fingerprint density at radius 1 is 1.09 bits per heavy atom. The molecule has 0 atom stereocenters. The molecule has 1 aromatic rings. The van der Waals surface area contributed by atoms with Gasteiger partial charge in [-0.15, -0.1) is 0 Å². The van der Waals surface area contributed by atoms with Crippen molar-refractivity contribution >= 4 is 11.8 Å². The van der Waals surface area contributed by atoms with Gasteiger partial charge in [-0.05, 0) is 30.5 Å². The molecular weight excluding hydrogens is 296 g/mol. The third kappa shape index (κ3) is 4.24. The first kappa shape index (κ1) is 15.8. The maximum atomic E-state index is 12.1. The second-order valence-corrected chi connectivity index (χ2v) is 6.19. The van der Waals surface area contributed by atoms with E-state index >= 15 is 0 Å². The predicted molar refractivity (Wildman–Crippen MR) is 83.7 cm³/mol. The largest absolute Gasteiger partial charge is 0.457 e. The monoisotopic (exact) mass is 318 g/mol.